The number of nitrogens with zero attached hydrogens (tertiary/aromatic N) is 7. The van der Waals surface area contributed by atoms with E-state index in [0.717, 1.165) is 114 Å². The first-order valence-corrected chi connectivity index (χ1v) is 56.4. The van der Waals surface area contributed by atoms with Gasteiger partial charge in [-0.1, -0.05) is 293 Å². The lowest BCUT2D eigenvalue weighted by molar-refractivity contribution is -0.194. The van der Waals surface area contributed by atoms with Crippen LogP contribution in [0.25, 0.3) is 0 Å². The number of ether oxygens (including phenoxy) is 2. The van der Waals surface area contributed by atoms with E-state index in [4.69, 9.17) is 32.6 Å². The monoisotopic (exact) mass is 1900 g/mol. The number of ketones is 1. The largest absolute Gasteiger partial charge is 0.389 e. The molecule has 19 nitrogen and oxygen atoms in total. The zero-order valence-electron chi connectivity index (χ0n) is 84.2. The fourth-order valence-electron chi connectivity index (χ4n) is 16.8. The van der Waals surface area contributed by atoms with Crippen LogP contribution in [0.4, 0.5) is 0 Å². The smallest absolute Gasteiger partial charge is 0.355 e. The minimum atomic E-state index is -0.870. The van der Waals surface area contributed by atoms with Crippen LogP contribution in [0.2, 0.25) is 0 Å². The van der Waals surface area contributed by atoms with Crippen LogP contribution in [-0.4, -0.2) is 177 Å². The van der Waals surface area contributed by atoms with Gasteiger partial charge in [0.2, 0.25) is 0 Å². The number of rotatable bonds is 67. The van der Waals surface area contributed by atoms with E-state index in [9.17, 15) is 15.0 Å². The van der Waals surface area contributed by atoms with Gasteiger partial charge in [-0.3, -0.25) is 19.5 Å². The lowest BCUT2D eigenvalue weighted by atomic mass is 9.98. The summed E-state index contributed by atoms with van der Waals surface area (Å²) in [5.74, 6) is 2.32. The molecule has 9 heterocycles. The van der Waals surface area contributed by atoms with Crippen molar-refractivity contribution >= 4 is 45.1 Å². The molecule has 2 unspecified atom stereocenters. The molecule has 0 saturated carbocycles. The fourth-order valence-corrected chi connectivity index (χ4v) is 17.0. The normalized spacial score (nSPS) is 19.9. The van der Waals surface area contributed by atoms with E-state index in [0.29, 0.717) is 44.4 Å². The van der Waals surface area contributed by atoms with Crippen molar-refractivity contribution in [2.75, 3.05) is 52.4 Å². The summed E-state index contributed by atoms with van der Waals surface area (Å²) in [6, 6.07) is 0. The van der Waals surface area contributed by atoms with E-state index in [-0.39, 0.29) is 18.0 Å². The Balaban J connectivity index is 0.000000468. The molecule has 0 aliphatic carbocycles. The molecule has 9 rings (SSSR count). The number of carbonyl (C=O) groups is 1. The highest BCUT2D eigenvalue weighted by atomic mass is 35.5. The minimum Gasteiger partial charge on any atom is -0.389 e. The number of hydrogen-bond donors (Lipinski definition) is 9. The van der Waals surface area contributed by atoms with E-state index in [1.807, 2.05) is 17.3 Å². The second kappa shape index (κ2) is 86.8. The van der Waals surface area contributed by atoms with Crippen molar-refractivity contribution in [2.24, 2.45) is 11.8 Å². The lowest BCUT2D eigenvalue weighted by Gasteiger charge is -2.30. The molecule has 0 bridgehead atoms. The van der Waals surface area contributed by atoms with E-state index in [1.165, 1.54) is 294 Å². The standard InChI is InChI=1S/C45H77N3O2.C37H66O.C10H17N3.C8H13N3O2.C4H5ClN2.C4H9NO2.H2P2S/c1-3-5-7-9-11-13-15-17-19-21-23-25-27-29-31-33-35-45(49-43-39-48(40-44(43)50-45)38-42-37-46-41-47-42)36-34-32-30-28-26-24-22-20-18-16-14-12-10-8-6-4-2;1-3-5-7-9-11-13-15-17-19-21-23-25-27-29-31-33-35-37(38)36-34-32-30-28-26-24-22-20-18-16-14-12-10-8-6-4-2;1-8-4-13(5-9(8)2)6-10-3-11-7-12-10;12-7-3-11(4-8(7)13)2-6-1-9-5-10-6;5-1-4-2-6-3-7-4;6-3-1-5-2-4(3)7;1-2-3/h11-14,17-20,37,41,43-44H,3-10,15-16,21-36,38-40H2,1-2H3,(H,46,47);11-14,17-20H,3-10,15-16,21-36H2,1-2H3;3,7-9H,4-6H2,1-2H3,(H,11,12);1,5,7-8,12-13H,2-4H2,(H,9,10);2-3H,1H2,(H,6,7);3-7H,1-2H2;1H2/p+1/b2*13-11-,14-12-,19-17-,20-18-;;;;;/t43-,44-;;8-,9-;7-,8-;;3-,4-;/m0.00.0./s1/i/hT. The Morgan fingerprint density at radius 1 is 0.405 bits per heavy atom. The van der Waals surface area contributed by atoms with Gasteiger partial charge in [0.05, 0.1) is 64.5 Å². The summed E-state index contributed by atoms with van der Waals surface area (Å²) in [5.41, 5.74) is 4.35. The van der Waals surface area contributed by atoms with Crippen molar-refractivity contribution < 1.29 is 34.7 Å². The number of likely N-dealkylation sites (tertiary alicyclic amines) is 3. The zero-order valence-corrected chi connectivity index (χ0v) is 86.8. The maximum absolute atomic E-state index is 12.1. The van der Waals surface area contributed by atoms with Crippen LogP contribution in [0.5, 0.6) is 0 Å². The first-order chi connectivity index (χ1) is 64.5. The Bertz CT molecular complexity index is 3260. The second-order valence-electron chi connectivity index (χ2n) is 37.1. The summed E-state index contributed by atoms with van der Waals surface area (Å²) in [6.07, 6.45) is 114. The first-order valence-electron chi connectivity index (χ1n) is 52.8. The maximum Gasteiger partial charge on any atom is 0.355 e. The van der Waals surface area contributed by atoms with Gasteiger partial charge < -0.3 is 55.2 Å². The number of Topliss-reactive ketones (excluding diaryl/α,β-unsaturated/α-hetero) is 1. The molecule has 0 spiro atoms. The van der Waals surface area contributed by atoms with Gasteiger partial charge in [0.1, 0.15) is 18.0 Å². The minimum absolute atomic E-state index is 0.201. The van der Waals surface area contributed by atoms with Crippen LogP contribution >= 0.6 is 27.5 Å². The number of β-amino-alcohol motifs (C(OH)–C–C–N with tert-alkyl or cyclic N) is 4. The number of alkyl halides is 1. The van der Waals surface area contributed by atoms with E-state index < -0.39 is 31.4 Å². The third-order valence-electron chi connectivity index (χ3n) is 24.9. The number of aromatic nitrogens is 8. The lowest BCUT2D eigenvalue weighted by Crippen LogP contribution is -2.35. The average Bonchev–Trinajstić information content (AvgIpc) is 1.62. The maximum atomic E-state index is 12.1. The summed E-state index contributed by atoms with van der Waals surface area (Å²) in [6.45, 7) is 21.9. The molecule has 5 aliphatic heterocycles. The molecular weight excluding hydrogens is 1710 g/mol. The van der Waals surface area contributed by atoms with Crippen LogP contribution in [0.3, 0.4) is 0 Å². The van der Waals surface area contributed by atoms with E-state index in [2.05, 4.69) is 214 Å². The van der Waals surface area contributed by atoms with Crippen molar-refractivity contribution in [3.8, 4) is 0 Å². The summed E-state index contributed by atoms with van der Waals surface area (Å²) < 4.78 is 20.1. The van der Waals surface area contributed by atoms with Gasteiger partial charge in [-0.25, -0.2) is 19.9 Å². The van der Waals surface area contributed by atoms with Crippen molar-refractivity contribution in [3.05, 3.63) is 170 Å². The number of allylic oxidation sites excluding steroid dienone is 16. The molecular formula is C108H190ClN12O7P2S+. The summed E-state index contributed by atoms with van der Waals surface area (Å²) >= 11 is 9.71. The van der Waals surface area contributed by atoms with Crippen LogP contribution in [0.15, 0.2) is 147 Å². The highest BCUT2D eigenvalue weighted by Gasteiger charge is 2.50. The molecule has 0 radical (unpaired) electrons. The quantitative estimate of drug-likeness (QED) is 0.00862. The molecule has 5 saturated heterocycles. The Kier molecular flexibility index (Phi) is 78.6. The summed E-state index contributed by atoms with van der Waals surface area (Å²) in [5, 5.41) is 38.8. The van der Waals surface area contributed by atoms with Crippen molar-refractivity contribution in [1.29, 1.82) is 1.28 Å². The molecule has 5 aliphatic rings. The molecule has 4 aromatic rings. The number of aliphatic hydroxyl groups is 4. The van der Waals surface area contributed by atoms with Gasteiger partial charge in [0, 0.05) is 145 Å². The zero-order chi connectivity index (χ0) is 95.3. The molecule has 5 fully saturated rings. The van der Waals surface area contributed by atoms with Gasteiger partial charge in [0.15, 0.2) is 24.6 Å². The highest BCUT2D eigenvalue weighted by molar-refractivity contribution is 8.24. The number of halogens is 1. The fraction of sp³-hybridized carbons (Fsp3) is 0.731. The molecule has 9 N–H and O–H groups in total. The number of fused-ring (bicyclic) bond motifs is 1. The Morgan fingerprint density at radius 3 is 0.908 bits per heavy atom. The summed E-state index contributed by atoms with van der Waals surface area (Å²) in [7, 11) is 2.20. The number of imidazole rings is 4. The van der Waals surface area contributed by atoms with Crippen LogP contribution in [0.1, 0.15) is 398 Å². The van der Waals surface area contributed by atoms with E-state index in [1.54, 1.807) is 37.7 Å². The number of nitrogens with one attached hydrogen (secondary N) is 5. The van der Waals surface area contributed by atoms with Crippen LogP contribution in [0, 0.1) is 11.8 Å². The molecule has 23 heteroatoms. The molecule has 131 heavy (non-hydrogen) atoms. The number of hydrogen-bond acceptors (Lipinski definition) is 16. The molecule has 4 aromatic heterocycles. The van der Waals surface area contributed by atoms with Crippen molar-refractivity contribution in [3.63, 3.8) is 0 Å². The topological polar surface area (TPSA) is 253 Å². The summed E-state index contributed by atoms with van der Waals surface area (Å²) in [4.78, 5) is 47.1. The number of H-pyrrole nitrogens is 4. The SMILES string of the molecule is CCCCC/C=C\C/C=C\CCCCCCCCC(=O)CCCCCCCC/C=C\C/C=C\CCCCC.CCCCC/C=C\C/C=C\CCCCCCCCC1(CCCCCCCC/C=C\C/C=C\CCCCC)O[C@H]2CN(Cc3cnc[nH]3)C[C@@H]2O1.C[C@H]1CN(Cc2cnc[nH]2)C[C@@H]1C.ClCc1cnc[nH]1.O[C@H]1CN(Cc2cnc[nH]2)C[C@@H]1O.O[C@H]1CNC[C@@H]1O.[3H][P+](P)=S. The first kappa shape index (κ1) is 119. The third kappa shape index (κ3) is 68.0. The van der Waals surface area contributed by atoms with Crippen molar-refractivity contribution in [1.82, 2.24) is 59.9 Å². The Labute approximate surface area is 813 Å². The van der Waals surface area contributed by atoms with Gasteiger partial charge in [0.25, 0.3) is 0 Å². The van der Waals surface area contributed by atoms with Crippen LogP contribution < -0.4 is 5.32 Å². The van der Waals surface area contributed by atoms with Crippen molar-refractivity contribution in [2.45, 2.75) is 443 Å². The van der Waals surface area contributed by atoms with Gasteiger partial charge >= 0.3 is 1.28 Å². The molecule has 746 valence electrons. The molecule has 0 aromatic carbocycles. The van der Waals surface area contributed by atoms with Crippen LogP contribution in [-0.2, 0) is 51.6 Å². The number of unbranched alkanes of at least 4 members (excludes halogenated alkanes) is 36. The molecule has 0 amide bonds. The predicted octanol–water partition coefficient (Wildman–Crippen LogP) is 26.9. The average molecular weight is 1900 g/mol. The van der Waals surface area contributed by atoms with Gasteiger partial charge in [-0.15, -0.1) is 11.6 Å². The Morgan fingerprint density at radius 2 is 0.656 bits per heavy atom. The molecule has 10 atom stereocenters. The number of aliphatic hydroxyl groups excluding tert-OH is 4. The third-order valence-corrected chi connectivity index (χ3v) is 25.2. The van der Waals surface area contributed by atoms with E-state index >= 15 is 0 Å². The Hall–Kier alpha value is -4.73. The number of aromatic amines is 4. The van der Waals surface area contributed by atoms with Gasteiger partial charge in [-0.2, -0.15) is 0 Å². The van der Waals surface area contributed by atoms with Gasteiger partial charge in [-0.05, 0) is 166 Å². The predicted molar refractivity (Wildman–Crippen MR) is 564 cm³/mol. The second-order valence-corrected chi connectivity index (χ2v) is 40.1. The number of carbonyl (C=O) groups excluding carboxylic acids is 1. The highest BCUT2D eigenvalue weighted by Crippen LogP contribution is 2.41.